The summed E-state index contributed by atoms with van der Waals surface area (Å²) in [6.45, 7) is 9.41. The standard InChI is InChI=1S/C20H26FN5/c1-12(2)9-14-18-17(11-23-20(26-18)22-10-13(3)4)25-19(14)24-16-8-6-5-7-15(16)21/h5-8,11-13,24-25H,9-10H2,1-4H3,(H,22,23,26). The summed E-state index contributed by atoms with van der Waals surface area (Å²) >= 11 is 0. The average Bonchev–Trinajstić information content (AvgIpc) is 2.91. The van der Waals surface area contributed by atoms with Gasteiger partial charge in [-0.2, -0.15) is 0 Å². The smallest absolute Gasteiger partial charge is 0.223 e. The SMILES string of the molecule is CC(C)CNc1ncc2[nH]c(Nc3ccccc3F)c(CC(C)C)c2n1. The molecule has 5 nitrogen and oxygen atoms in total. The van der Waals surface area contributed by atoms with Crippen LogP contribution in [0.25, 0.3) is 11.0 Å². The first-order valence-electron chi connectivity index (χ1n) is 9.07. The van der Waals surface area contributed by atoms with Crippen LogP contribution in [-0.2, 0) is 6.42 Å². The highest BCUT2D eigenvalue weighted by Gasteiger charge is 2.16. The molecule has 0 atom stereocenters. The molecule has 3 rings (SSSR count). The van der Waals surface area contributed by atoms with Gasteiger partial charge in [-0.05, 0) is 30.4 Å². The molecule has 0 fully saturated rings. The Bertz CT molecular complexity index is 885. The summed E-state index contributed by atoms with van der Waals surface area (Å²) in [5.41, 5.74) is 3.21. The second kappa shape index (κ2) is 7.72. The summed E-state index contributed by atoms with van der Waals surface area (Å²) in [6, 6.07) is 6.66. The Morgan fingerprint density at radius 1 is 1.12 bits per heavy atom. The van der Waals surface area contributed by atoms with Gasteiger partial charge >= 0.3 is 0 Å². The number of rotatable bonds is 7. The number of halogens is 1. The molecular formula is C20H26FN5. The Morgan fingerprint density at radius 2 is 1.88 bits per heavy atom. The van der Waals surface area contributed by atoms with Gasteiger partial charge in [0.05, 0.1) is 22.9 Å². The minimum absolute atomic E-state index is 0.285. The van der Waals surface area contributed by atoms with Crippen molar-refractivity contribution in [3.63, 3.8) is 0 Å². The largest absolute Gasteiger partial charge is 0.354 e. The molecule has 0 aliphatic carbocycles. The summed E-state index contributed by atoms with van der Waals surface area (Å²) in [6.07, 6.45) is 2.61. The van der Waals surface area contributed by atoms with Gasteiger partial charge in [0.15, 0.2) is 0 Å². The number of hydrogen-bond donors (Lipinski definition) is 3. The summed E-state index contributed by atoms with van der Waals surface area (Å²) in [4.78, 5) is 12.4. The lowest BCUT2D eigenvalue weighted by atomic mass is 10.0. The third kappa shape index (κ3) is 4.12. The zero-order valence-corrected chi connectivity index (χ0v) is 15.7. The highest BCUT2D eigenvalue weighted by molar-refractivity contribution is 5.86. The lowest BCUT2D eigenvalue weighted by Crippen LogP contribution is -2.10. The lowest BCUT2D eigenvalue weighted by molar-refractivity contribution is 0.631. The fourth-order valence-electron chi connectivity index (χ4n) is 2.82. The van der Waals surface area contributed by atoms with Crippen LogP contribution in [0.15, 0.2) is 30.5 Å². The predicted octanol–water partition coefficient (Wildman–Crippen LogP) is 5.11. The molecule has 0 bridgehead atoms. The number of benzene rings is 1. The van der Waals surface area contributed by atoms with Crippen molar-refractivity contribution >= 4 is 28.5 Å². The van der Waals surface area contributed by atoms with Crippen LogP contribution < -0.4 is 10.6 Å². The van der Waals surface area contributed by atoms with E-state index in [2.05, 4.69) is 48.3 Å². The third-order valence-electron chi connectivity index (χ3n) is 4.05. The summed E-state index contributed by atoms with van der Waals surface area (Å²) in [5, 5.41) is 6.45. The molecule has 0 unspecified atom stereocenters. The van der Waals surface area contributed by atoms with Gasteiger partial charge in [-0.3, -0.25) is 0 Å². The fourth-order valence-corrected chi connectivity index (χ4v) is 2.82. The zero-order valence-electron chi connectivity index (χ0n) is 15.7. The molecule has 0 saturated carbocycles. The van der Waals surface area contributed by atoms with Gasteiger partial charge < -0.3 is 15.6 Å². The number of fused-ring (bicyclic) bond motifs is 1. The van der Waals surface area contributed by atoms with Gasteiger partial charge in [-0.15, -0.1) is 0 Å². The van der Waals surface area contributed by atoms with Crippen LogP contribution in [0.3, 0.4) is 0 Å². The second-order valence-corrected chi connectivity index (χ2v) is 7.41. The van der Waals surface area contributed by atoms with Crippen molar-refractivity contribution in [2.75, 3.05) is 17.2 Å². The van der Waals surface area contributed by atoms with Crippen LogP contribution in [0.2, 0.25) is 0 Å². The Morgan fingerprint density at radius 3 is 2.58 bits per heavy atom. The quantitative estimate of drug-likeness (QED) is 0.551. The third-order valence-corrected chi connectivity index (χ3v) is 4.05. The number of hydrogen-bond acceptors (Lipinski definition) is 4. The maximum Gasteiger partial charge on any atom is 0.223 e. The molecule has 3 N–H and O–H groups in total. The maximum absolute atomic E-state index is 14.1. The molecule has 2 heterocycles. The molecule has 26 heavy (non-hydrogen) atoms. The van der Waals surface area contributed by atoms with Gasteiger partial charge in [0, 0.05) is 12.1 Å². The number of nitrogens with zero attached hydrogens (tertiary/aromatic N) is 2. The van der Waals surface area contributed by atoms with E-state index in [4.69, 9.17) is 4.98 Å². The molecule has 2 aromatic heterocycles. The van der Waals surface area contributed by atoms with E-state index in [-0.39, 0.29) is 5.82 Å². The molecule has 1 aromatic carbocycles. The first kappa shape index (κ1) is 18.2. The zero-order chi connectivity index (χ0) is 18.7. The Kier molecular flexibility index (Phi) is 5.40. The molecule has 0 amide bonds. The number of nitrogens with one attached hydrogen (secondary N) is 3. The molecule has 6 heteroatoms. The van der Waals surface area contributed by atoms with E-state index in [9.17, 15) is 4.39 Å². The molecular weight excluding hydrogens is 329 g/mol. The number of aromatic amines is 1. The van der Waals surface area contributed by atoms with Crippen molar-refractivity contribution in [2.24, 2.45) is 11.8 Å². The first-order valence-corrected chi connectivity index (χ1v) is 9.07. The molecule has 0 aliphatic rings. The van der Waals surface area contributed by atoms with E-state index >= 15 is 0 Å². The minimum atomic E-state index is -0.285. The van der Waals surface area contributed by atoms with E-state index in [0.717, 1.165) is 35.4 Å². The van der Waals surface area contributed by atoms with Crippen molar-refractivity contribution in [1.82, 2.24) is 15.0 Å². The normalized spacial score (nSPS) is 11.5. The molecule has 0 radical (unpaired) electrons. The van der Waals surface area contributed by atoms with E-state index in [1.54, 1.807) is 18.3 Å². The van der Waals surface area contributed by atoms with Gasteiger partial charge in [-0.25, -0.2) is 14.4 Å². The number of H-pyrrole nitrogens is 1. The van der Waals surface area contributed by atoms with Crippen molar-refractivity contribution in [1.29, 1.82) is 0 Å². The van der Waals surface area contributed by atoms with Crippen molar-refractivity contribution in [3.8, 4) is 0 Å². The topological polar surface area (TPSA) is 65.6 Å². The molecule has 0 spiro atoms. The van der Waals surface area contributed by atoms with Crippen LogP contribution >= 0.6 is 0 Å². The maximum atomic E-state index is 14.1. The fraction of sp³-hybridized carbons (Fsp3) is 0.400. The monoisotopic (exact) mass is 355 g/mol. The number of para-hydroxylation sites is 1. The highest BCUT2D eigenvalue weighted by Crippen LogP contribution is 2.30. The van der Waals surface area contributed by atoms with Crippen LogP contribution in [-0.4, -0.2) is 21.5 Å². The van der Waals surface area contributed by atoms with Crippen molar-refractivity contribution < 1.29 is 4.39 Å². The van der Waals surface area contributed by atoms with Crippen LogP contribution in [0, 0.1) is 17.7 Å². The van der Waals surface area contributed by atoms with Gasteiger partial charge in [0.2, 0.25) is 5.95 Å². The molecule has 0 aliphatic heterocycles. The Hall–Kier alpha value is -2.63. The molecule has 3 aromatic rings. The Labute approximate surface area is 153 Å². The van der Waals surface area contributed by atoms with Crippen molar-refractivity contribution in [3.05, 3.63) is 41.8 Å². The van der Waals surface area contributed by atoms with E-state index in [0.29, 0.717) is 23.5 Å². The van der Waals surface area contributed by atoms with Crippen molar-refractivity contribution in [2.45, 2.75) is 34.1 Å². The first-order chi connectivity index (χ1) is 12.4. The molecule has 138 valence electrons. The average molecular weight is 355 g/mol. The number of anilines is 3. The van der Waals surface area contributed by atoms with Crippen LogP contribution in [0.5, 0.6) is 0 Å². The van der Waals surface area contributed by atoms with Crippen LogP contribution in [0.1, 0.15) is 33.3 Å². The van der Waals surface area contributed by atoms with E-state index in [1.807, 2.05) is 6.07 Å². The van der Waals surface area contributed by atoms with E-state index < -0.39 is 0 Å². The highest BCUT2D eigenvalue weighted by atomic mass is 19.1. The van der Waals surface area contributed by atoms with Gasteiger partial charge in [0.25, 0.3) is 0 Å². The summed E-state index contributed by atoms with van der Waals surface area (Å²) in [5.74, 6) is 2.06. The number of aromatic nitrogens is 3. The second-order valence-electron chi connectivity index (χ2n) is 7.41. The lowest BCUT2D eigenvalue weighted by Gasteiger charge is -2.10. The van der Waals surface area contributed by atoms with E-state index in [1.165, 1.54) is 6.07 Å². The van der Waals surface area contributed by atoms with Gasteiger partial charge in [0.1, 0.15) is 11.6 Å². The predicted molar refractivity (Wildman–Crippen MR) is 105 cm³/mol. The summed E-state index contributed by atoms with van der Waals surface area (Å²) < 4.78 is 14.1. The Balaban J connectivity index is 2.00. The van der Waals surface area contributed by atoms with Gasteiger partial charge in [-0.1, -0.05) is 39.8 Å². The van der Waals surface area contributed by atoms with Crippen LogP contribution in [0.4, 0.5) is 21.8 Å². The minimum Gasteiger partial charge on any atom is -0.354 e. The summed E-state index contributed by atoms with van der Waals surface area (Å²) in [7, 11) is 0. The molecule has 0 saturated heterocycles.